The fourth-order valence-corrected chi connectivity index (χ4v) is 3.77. The van der Waals surface area contributed by atoms with Crippen LogP contribution in [0.4, 0.5) is 0 Å². The Morgan fingerprint density at radius 3 is 2.52 bits per heavy atom. The molecule has 2 aromatic carbocycles. The summed E-state index contributed by atoms with van der Waals surface area (Å²) in [5, 5.41) is 7.80. The first kappa shape index (κ1) is 22.2. The monoisotopic (exact) mass is 441 g/mol. The molecule has 0 unspecified atom stereocenters. The summed E-state index contributed by atoms with van der Waals surface area (Å²) in [6.45, 7) is 0.412. The summed E-state index contributed by atoms with van der Waals surface area (Å²) >= 11 is 0. The minimum absolute atomic E-state index is 0.0592. The van der Waals surface area contributed by atoms with Crippen molar-refractivity contribution in [2.24, 2.45) is 0 Å². The standard InChI is InChI=1S/C26H27N5O2/c1-30(2)23(21-13-7-8-14-24(21)33-3)17-28-26(32)22-18-31(20-11-5-4-6-12-20)29-25(22)19-10-9-15-27-16-19/h4-16,18,23H,17H2,1-3H3,(H,28,32)/t23-/m1/s1. The number of hydrogen-bond acceptors (Lipinski definition) is 5. The molecule has 7 heteroatoms. The molecule has 0 spiro atoms. The van der Waals surface area contributed by atoms with Crippen LogP contribution in [0, 0.1) is 0 Å². The molecule has 0 aliphatic rings. The SMILES string of the molecule is COc1ccccc1[C@@H](CNC(=O)c1cn(-c2ccccc2)nc1-c1cccnc1)N(C)C. The largest absolute Gasteiger partial charge is 0.496 e. The second-order valence-corrected chi connectivity index (χ2v) is 7.84. The Kier molecular flexibility index (Phi) is 6.80. The van der Waals surface area contributed by atoms with Crippen LogP contribution in [0.3, 0.4) is 0 Å². The van der Waals surface area contributed by atoms with Gasteiger partial charge in [0.05, 0.1) is 24.4 Å². The van der Waals surface area contributed by atoms with Crippen molar-refractivity contribution in [2.45, 2.75) is 6.04 Å². The quantitative estimate of drug-likeness (QED) is 0.448. The van der Waals surface area contributed by atoms with Gasteiger partial charge in [-0.2, -0.15) is 5.10 Å². The van der Waals surface area contributed by atoms with Crippen molar-refractivity contribution >= 4 is 5.91 Å². The minimum Gasteiger partial charge on any atom is -0.496 e. The molecule has 0 fully saturated rings. The van der Waals surface area contributed by atoms with Crippen LogP contribution < -0.4 is 10.1 Å². The van der Waals surface area contributed by atoms with Crippen LogP contribution in [0.2, 0.25) is 0 Å². The molecule has 0 radical (unpaired) electrons. The number of pyridine rings is 1. The molecule has 33 heavy (non-hydrogen) atoms. The van der Waals surface area contributed by atoms with Gasteiger partial charge in [0.15, 0.2) is 0 Å². The van der Waals surface area contributed by atoms with Gasteiger partial charge in [-0.15, -0.1) is 0 Å². The van der Waals surface area contributed by atoms with Gasteiger partial charge in [-0.25, -0.2) is 4.68 Å². The van der Waals surface area contributed by atoms with E-state index in [1.54, 1.807) is 30.4 Å². The van der Waals surface area contributed by atoms with Crippen molar-refractivity contribution in [3.05, 3.63) is 96.4 Å². The van der Waals surface area contributed by atoms with Crippen molar-refractivity contribution in [3.8, 4) is 22.7 Å². The lowest BCUT2D eigenvalue weighted by Crippen LogP contribution is -2.34. The first-order valence-corrected chi connectivity index (χ1v) is 10.7. The summed E-state index contributed by atoms with van der Waals surface area (Å²) in [5.74, 6) is 0.594. The highest BCUT2D eigenvalue weighted by Crippen LogP contribution is 2.28. The first-order chi connectivity index (χ1) is 16.1. The molecule has 168 valence electrons. The van der Waals surface area contributed by atoms with E-state index in [0.29, 0.717) is 17.8 Å². The van der Waals surface area contributed by atoms with E-state index in [-0.39, 0.29) is 11.9 Å². The van der Waals surface area contributed by atoms with Crippen LogP contribution in [0.15, 0.2) is 85.3 Å². The zero-order chi connectivity index (χ0) is 23.2. The van der Waals surface area contributed by atoms with Crippen molar-refractivity contribution in [2.75, 3.05) is 27.7 Å². The van der Waals surface area contributed by atoms with Crippen LogP contribution >= 0.6 is 0 Å². The molecule has 4 aromatic rings. The zero-order valence-electron chi connectivity index (χ0n) is 19.0. The van der Waals surface area contributed by atoms with Crippen LogP contribution in [0.25, 0.3) is 16.9 Å². The van der Waals surface area contributed by atoms with Gasteiger partial charge in [0.25, 0.3) is 5.91 Å². The summed E-state index contributed by atoms with van der Waals surface area (Å²) < 4.78 is 7.26. The molecule has 2 heterocycles. The maximum absolute atomic E-state index is 13.4. The Hall–Kier alpha value is -3.97. The molecular formula is C26H27N5O2. The summed E-state index contributed by atoms with van der Waals surface area (Å²) in [4.78, 5) is 19.6. The molecular weight excluding hydrogens is 414 g/mol. The van der Waals surface area contributed by atoms with Gasteiger partial charge in [-0.3, -0.25) is 9.78 Å². The van der Waals surface area contributed by atoms with E-state index in [1.807, 2.05) is 80.8 Å². The predicted octanol–water partition coefficient (Wildman–Crippen LogP) is 3.98. The van der Waals surface area contributed by atoms with E-state index in [4.69, 9.17) is 9.84 Å². The zero-order valence-corrected chi connectivity index (χ0v) is 19.0. The molecule has 1 N–H and O–H groups in total. The fraction of sp³-hybridized carbons (Fsp3) is 0.192. The Bertz CT molecular complexity index is 1210. The molecule has 4 rings (SSSR count). The second-order valence-electron chi connectivity index (χ2n) is 7.84. The number of amides is 1. The minimum atomic E-state index is -0.196. The molecule has 2 aromatic heterocycles. The molecule has 7 nitrogen and oxygen atoms in total. The summed E-state index contributed by atoms with van der Waals surface area (Å²) in [7, 11) is 5.62. The van der Waals surface area contributed by atoms with Crippen LogP contribution in [-0.4, -0.2) is 53.3 Å². The molecule has 1 atom stereocenters. The lowest BCUT2D eigenvalue weighted by molar-refractivity contribution is 0.0942. The number of para-hydroxylation sites is 2. The average molecular weight is 442 g/mol. The van der Waals surface area contributed by atoms with Gasteiger partial charge in [0.2, 0.25) is 0 Å². The van der Waals surface area contributed by atoms with E-state index in [0.717, 1.165) is 22.6 Å². The topological polar surface area (TPSA) is 72.3 Å². The number of aromatic nitrogens is 3. The molecule has 0 aliphatic carbocycles. The smallest absolute Gasteiger partial charge is 0.255 e. The molecule has 0 saturated carbocycles. The number of carbonyl (C=O) groups excluding carboxylic acids is 1. The normalized spacial score (nSPS) is 11.9. The van der Waals surface area contributed by atoms with Crippen molar-refractivity contribution in [3.63, 3.8) is 0 Å². The molecule has 1 amide bonds. The number of nitrogens with zero attached hydrogens (tertiary/aromatic N) is 4. The van der Waals surface area contributed by atoms with Crippen molar-refractivity contribution in [1.29, 1.82) is 0 Å². The third kappa shape index (κ3) is 4.94. The number of ether oxygens (including phenoxy) is 1. The number of benzene rings is 2. The predicted molar refractivity (Wildman–Crippen MR) is 129 cm³/mol. The summed E-state index contributed by atoms with van der Waals surface area (Å²) in [5.41, 5.74) is 3.75. The number of rotatable bonds is 8. The van der Waals surface area contributed by atoms with E-state index < -0.39 is 0 Å². The highest BCUT2D eigenvalue weighted by atomic mass is 16.5. The second kappa shape index (κ2) is 10.1. The van der Waals surface area contributed by atoms with Crippen molar-refractivity contribution in [1.82, 2.24) is 25.0 Å². The van der Waals surface area contributed by atoms with Gasteiger partial charge in [-0.1, -0.05) is 36.4 Å². The number of hydrogen-bond donors (Lipinski definition) is 1. The van der Waals surface area contributed by atoms with Crippen LogP contribution in [-0.2, 0) is 0 Å². The van der Waals surface area contributed by atoms with Gasteiger partial charge in [0.1, 0.15) is 11.4 Å². The van der Waals surface area contributed by atoms with Gasteiger partial charge in [0, 0.05) is 36.3 Å². The lowest BCUT2D eigenvalue weighted by atomic mass is 10.0. The molecule has 0 bridgehead atoms. The van der Waals surface area contributed by atoms with Gasteiger partial charge >= 0.3 is 0 Å². The highest BCUT2D eigenvalue weighted by Gasteiger charge is 2.22. The number of likely N-dealkylation sites (N-methyl/N-ethyl adjacent to an activating group) is 1. The third-order valence-electron chi connectivity index (χ3n) is 5.49. The summed E-state index contributed by atoms with van der Waals surface area (Å²) in [6.07, 6.45) is 5.18. The average Bonchev–Trinajstić information content (AvgIpc) is 3.31. The van der Waals surface area contributed by atoms with E-state index in [1.165, 1.54) is 0 Å². The maximum atomic E-state index is 13.4. The first-order valence-electron chi connectivity index (χ1n) is 10.7. The molecule has 0 aliphatic heterocycles. The maximum Gasteiger partial charge on any atom is 0.255 e. The Morgan fingerprint density at radius 1 is 1.06 bits per heavy atom. The highest BCUT2D eigenvalue weighted by molar-refractivity contribution is 5.99. The number of nitrogens with one attached hydrogen (secondary N) is 1. The number of methoxy groups -OCH3 is 1. The fourth-order valence-electron chi connectivity index (χ4n) is 3.77. The lowest BCUT2D eigenvalue weighted by Gasteiger charge is -2.26. The van der Waals surface area contributed by atoms with Gasteiger partial charge in [-0.05, 0) is 44.4 Å². The summed E-state index contributed by atoms with van der Waals surface area (Å²) in [6, 6.07) is 21.3. The Morgan fingerprint density at radius 2 is 1.82 bits per heavy atom. The van der Waals surface area contributed by atoms with Crippen LogP contribution in [0.1, 0.15) is 22.0 Å². The third-order valence-corrected chi connectivity index (χ3v) is 5.49. The van der Waals surface area contributed by atoms with Gasteiger partial charge < -0.3 is 15.0 Å². The molecule has 0 saturated heterocycles. The Balaban J connectivity index is 1.64. The van der Waals surface area contributed by atoms with Crippen molar-refractivity contribution < 1.29 is 9.53 Å². The Labute approximate surface area is 193 Å². The van der Waals surface area contributed by atoms with E-state index >= 15 is 0 Å². The van der Waals surface area contributed by atoms with Crippen LogP contribution in [0.5, 0.6) is 5.75 Å². The van der Waals surface area contributed by atoms with E-state index in [2.05, 4.69) is 15.2 Å². The number of carbonyl (C=O) groups is 1. The van der Waals surface area contributed by atoms with E-state index in [9.17, 15) is 4.79 Å².